The van der Waals surface area contributed by atoms with E-state index in [2.05, 4.69) is 10.4 Å². The molecule has 0 bridgehead atoms. The Morgan fingerprint density at radius 2 is 2.62 bits per heavy atom. The van der Waals surface area contributed by atoms with Gasteiger partial charge in [-0.1, -0.05) is 0 Å². The largest absolute Gasteiger partial charge is 0.257 e. The topological polar surface area (TPSA) is 31.9 Å². The number of aromatic nitrogens is 2. The molecule has 0 amide bonds. The lowest BCUT2D eigenvalue weighted by atomic mass is 10.7. The minimum absolute atomic E-state index is 0.660. The smallest absolute Gasteiger partial charge is 0.106 e. The summed E-state index contributed by atoms with van der Waals surface area (Å²) in [6.45, 7) is 0.660. The van der Waals surface area contributed by atoms with Crippen LogP contribution < -0.4 is 5.32 Å². The standard InChI is InChI=1S/C5H8N3/c1-6-5-8-4-2-3-7-8/h2-4H,5H2,1H3. The average Bonchev–Trinajstić information content (AvgIpc) is 2.19. The highest BCUT2D eigenvalue weighted by molar-refractivity contribution is 4.76. The van der Waals surface area contributed by atoms with Gasteiger partial charge < -0.3 is 0 Å². The Hall–Kier alpha value is -0.830. The van der Waals surface area contributed by atoms with Gasteiger partial charge in [0.1, 0.15) is 6.67 Å². The van der Waals surface area contributed by atoms with Gasteiger partial charge in [0.25, 0.3) is 0 Å². The SMILES string of the molecule is C[N]Cn1cccn1. The van der Waals surface area contributed by atoms with Crippen LogP contribution in [-0.4, -0.2) is 16.8 Å². The van der Waals surface area contributed by atoms with Crippen molar-refractivity contribution in [3.8, 4) is 0 Å². The average molecular weight is 110 g/mol. The Balaban J connectivity index is 2.50. The third-order valence-corrected chi connectivity index (χ3v) is 0.846. The molecule has 0 unspecified atom stereocenters. The molecule has 3 heteroatoms. The molecule has 1 radical (unpaired) electrons. The van der Waals surface area contributed by atoms with E-state index in [0.717, 1.165) is 0 Å². The zero-order chi connectivity index (χ0) is 5.82. The molecule has 0 aliphatic heterocycles. The Labute approximate surface area is 48.3 Å². The van der Waals surface area contributed by atoms with Gasteiger partial charge in [-0.3, -0.25) is 4.68 Å². The fraction of sp³-hybridized carbons (Fsp3) is 0.400. The quantitative estimate of drug-likeness (QED) is 0.530. The van der Waals surface area contributed by atoms with Gasteiger partial charge in [0.2, 0.25) is 0 Å². The minimum atomic E-state index is 0.660. The first-order valence-corrected chi connectivity index (χ1v) is 2.46. The van der Waals surface area contributed by atoms with Crippen LogP contribution in [0.5, 0.6) is 0 Å². The highest BCUT2D eigenvalue weighted by Crippen LogP contribution is 1.79. The molecule has 0 saturated heterocycles. The van der Waals surface area contributed by atoms with Crippen LogP contribution >= 0.6 is 0 Å². The van der Waals surface area contributed by atoms with Gasteiger partial charge in [-0.2, -0.15) is 5.10 Å². The normalized spacial score (nSPS) is 9.62. The summed E-state index contributed by atoms with van der Waals surface area (Å²) in [4.78, 5) is 0. The molecule has 8 heavy (non-hydrogen) atoms. The third kappa shape index (κ3) is 1.07. The van der Waals surface area contributed by atoms with E-state index in [0.29, 0.717) is 6.67 Å². The van der Waals surface area contributed by atoms with Crippen LogP contribution in [0.2, 0.25) is 0 Å². The van der Waals surface area contributed by atoms with Crippen molar-refractivity contribution < 1.29 is 0 Å². The van der Waals surface area contributed by atoms with E-state index in [-0.39, 0.29) is 0 Å². The van der Waals surface area contributed by atoms with Crippen molar-refractivity contribution >= 4 is 0 Å². The van der Waals surface area contributed by atoms with E-state index >= 15 is 0 Å². The first-order chi connectivity index (χ1) is 3.93. The molecule has 3 nitrogen and oxygen atoms in total. The van der Waals surface area contributed by atoms with Crippen molar-refractivity contribution in [3.05, 3.63) is 18.5 Å². The van der Waals surface area contributed by atoms with Crippen molar-refractivity contribution in [1.82, 2.24) is 15.1 Å². The second-order valence-corrected chi connectivity index (χ2v) is 1.50. The van der Waals surface area contributed by atoms with Gasteiger partial charge in [-0.05, 0) is 6.07 Å². The molecule has 0 atom stereocenters. The lowest BCUT2D eigenvalue weighted by molar-refractivity contribution is 0.547. The van der Waals surface area contributed by atoms with Crippen molar-refractivity contribution in [2.75, 3.05) is 7.05 Å². The maximum absolute atomic E-state index is 3.93. The summed E-state index contributed by atoms with van der Waals surface area (Å²) in [5.41, 5.74) is 0. The summed E-state index contributed by atoms with van der Waals surface area (Å²) in [7, 11) is 1.77. The molecule has 0 aromatic carbocycles. The second kappa shape index (κ2) is 2.47. The summed E-state index contributed by atoms with van der Waals surface area (Å²) in [5, 5.41) is 7.81. The monoisotopic (exact) mass is 110 g/mol. The van der Waals surface area contributed by atoms with E-state index in [9.17, 15) is 0 Å². The van der Waals surface area contributed by atoms with Crippen LogP contribution in [-0.2, 0) is 6.67 Å². The van der Waals surface area contributed by atoms with Gasteiger partial charge >= 0.3 is 0 Å². The molecule has 0 fully saturated rings. The number of hydrogen-bond acceptors (Lipinski definition) is 1. The Morgan fingerprint density at radius 1 is 1.75 bits per heavy atom. The van der Waals surface area contributed by atoms with E-state index in [1.165, 1.54) is 0 Å². The molecule has 0 spiro atoms. The molecule has 0 saturated carbocycles. The van der Waals surface area contributed by atoms with Gasteiger partial charge in [-0.15, -0.1) is 0 Å². The Morgan fingerprint density at radius 3 is 3.12 bits per heavy atom. The molecule has 0 aliphatic rings. The van der Waals surface area contributed by atoms with Crippen molar-refractivity contribution in [2.24, 2.45) is 0 Å². The number of hydrogen-bond donors (Lipinski definition) is 0. The molecule has 0 aliphatic carbocycles. The lowest BCUT2D eigenvalue weighted by Gasteiger charge is -1.93. The summed E-state index contributed by atoms with van der Waals surface area (Å²) in [6, 6.07) is 1.88. The molecular weight excluding hydrogens is 102 g/mol. The van der Waals surface area contributed by atoms with Crippen LogP contribution in [0.4, 0.5) is 0 Å². The predicted molar refractivity (Wildman–Crippen MR) is 30.3 cm³/mol. The van der Waals surface area contributed by atoms with Crippen LogP contribution in [0.3, 0.4) is 0 Å². The molecule has 43 valence electrons. The van der Waals surface area contributed by atoms with Crippen LogP contribution in [0.25, 0.3) is 0 Å². The van der Waals surface area contributed by atoms with Crippen LogP contribution in [0, 0.1) is 0 Å². The minimum Gasteiger partial charge on any atom is -0.257 e. The van der Waals surface area contributed by atoms with Gasteiger partial charge in [-0.25, -0.2) is 5.32 Å². The van der Waals surface area contributed by atoms with E-state index in [1.807, 2.05) is 12.3 Å². The predicted octanol–water partition coefficient (Wildman–Crippen LogP) is 0.0748. The second-order valence-electron chi connectivity index (χ2n) is 1.50. The first-order valence-electron chi connectivity index (χ1n) is 2.46. The van der Waals surface area contributed by atoms with Crippen molar-refractivity contribution in [3.63, 3.8) is 0 Å². The maximum atomic E-state index is 3.93. The number of rotatable bonds is 2. The molecule has 1 aromatic rings. The lowest BCUT2D eigenvalue weighted by Crippen LogP contribution is -2.06. The fourth-order valence-corrected chi connectivity index (χ4v) is 0.529. The highest BCUT2D eigenvalue weighted by Gasteiger charge is 1.82. The van der Waals surface area contributed by atoms with Crippen LogP contribution in [0.15, 0.2) is 18.5 Å². The molecular formula is C5H8N3. The fourth-order valence-electron chi connectivity index (χ4n) is 0.529. The number of nitrogens with zero attached hydrogens (tertiary/aromatic N) is 3. The highest BCUT2D eigenvalue weighted by atomic mass is 15.3. The van der Waals surface area contributed by atoms with Crippen molar-refractivity contribution in [1.29, 1.82) is 0 Å². The first kappa shape index (κ1) is 5.31. The zero-order valence-electron chi connectivity index (χ0n) is 4.78. The van der Waals surface area contributed by atoms with Gasteiger partial charge in [0.05, 0.1) is 0 Å². The summed E-state index contributed by atoms with van der Waals surface area (Å²) >= 11 is 0. The van der Waals surface area contributed by atoms with E-state index in [1.54, 1.807) is 17.9 Å². The van der Waals surface area contributed by atoms with E-state index < -0.39 is 0 Å². The van der Waals surface area contributed by atoms with Crippen molar-refractivity contribution in [2.45, 2.75) is 6.67 Å². The van der Waals surface area contributed by atoms with Gasteiger partial charge in [0.15, 0.2) is 0 Å². The maximum Gasteiger partial charge on any atom is 0.106 e. The third-order valence-electron chi connectivity index (χ3n) is 0.846. The Bertz CT molecular complexity index is 133. The summed E-state index contributed by atoms with van der Waals surface area (Å²) < 4.78 is 1.76. The zero-order valence-corrected chi connectivity index (χ0v) is 4.78. The molecule has 1 aromatic heterocycles. The molecule has 1 rings (SSSR count). The summed E-state index contributed by atoms with van der Waals surface area (Å²) in [5.74, 6) is 0. The molecule has 0 N–H and O–H groups in total. The van der Waals surface area contributed by atoms with Gasteiger partial charge in [0, 0.05) is 19.4 Å². The van der Waals surface area contributed by atoms with E-state index in [4.69, 9.17) is 0 Å². The Kier molecular flexibility index (Phi) is 1.64. The summed E-state index contributed by atoms with van der Waals surface area (Å²) in [6.07, 6.45) is 3.62. The van der Waals surface area contributed by atoms with Crippen LogP contribution in [0.1, 0.15) is 0 Å². The molecule has 1 heterocycles.